The van der Waals surface area contributed by atoms with E-state index in [1.165, 1.54) is 18.2 Å². The van der Waals surface area contributed by atoms with E-state index >= 15 is 0 Å². The Morgan fingerprint density at radius 2 is 1.95 bits per heavy atom. The van der Waals surface area contributed by atoms with E-state index in [0.717, 1.165) is 13.0 Å². The van der Waals surface area contributed by atoms with Crippen molar-refractivity contribution in [3.63, 3.8) is 0 Å². The lowest BCUT2D eigenvalue weighted by Gasteiger charge is -2.08. The quantitative estimate of drug-likeness (QED) is 0.514. The van der Waals surface area contributed by atoms with Crippen LogP contribution in [0.2, 0.25) is 0 Å². The van der Waals surface area contributed by atoms with E-state index in [4.69, 9.17) is 15.2 Å². The third-order valence-corrected chi connectivity index (χ3v) is 2.70. The van der Waals surface area contributed by atoms with Crippen LogP contribution in [-0.4, -0.2) is 32.3 Å². The van der Waals surface area contributed by atoms with E-state index in [-0.39, 0.29) is 11.6 Å². The van der Waals surface area contributed by atoms with Crippen LogP contribution in [0, 0.1) is 5.82 Å². The van der Waals surface area contributed by atoms with Crippen molar-refractivity contribution in [1.29, 1.82) is 0 Å². The van der Waals surface area contributed by atoms with Crippen LogP contribution in [0.3, 0.4) is 0 Å². The molecule has 0 atom stereocenters. The molecule has 0 bridgehead atoms. The molecule has 0 aliphatic rings. The van der Waals surface area contributed by atoms with Gasteiger partial charge in [0.25, 0.3) is 0 Å². The van der Waals surface area contributed by atoms with Crippen LogP contribution in [0.4, 0.5) is 15.8 Å². The van der Waals surface area contributed by atoms with Gasteiger partial charge in [-0.3, -0.25) is 4.79 Å². The molecule has 0 aliphatic heterocycles. The maximum atomic E-state index is 12.9. The highest BCUT2D eigenvalue weighted by Gasteiger charge is 2.06. The van der Waals surface area contributed by atoms with E-state index in [9.17, 15) is 9.18 Å². The topological polar surface area (TPSA) is 73.6 Å². The molecule has 0 unspecified atom stereocenters. The van der Waals surface area contributed by atoms with Crippen LogP contribution in [0.1, 0.15) is 26.2 Å². The average Bonchev–Trinajstić information content (AvgIpc) is 2.45. The van der Waals surface area contributed by atoms with Crippen molar-refractivity contribution < 1.29 is 18.7 Å². The number of halogens is 1. The fraction of sp³-hybridized carbons (Fsp3) is 0.533. The van der Waals surface area contributed by atoms with Crippen molar-refractivity contribution in [3.05, 3.63) is 24.0 Å². The second kappa shape index (κ2) is 10.1. The minimum Gasteiger partial charge on any atom is -0.397 e. The van der Waals surface area contributed by atoms with E-state index in [0.29, 0.717) is 38.3 Å². The molecule has 0 spiro atoms. The Labute approximate surface area is 124 Å². The molecular weight excluding hydrogens is 275 g/mol. The molecule has 0 radical (unpaired) electrons. The number of benzene rings is 1. The van der Waals surface area contributed by atoms with Gasteiger partial charge >= 0.3 is 0 Å². The normalized spacial score (nSPS) is 10.6. The van der Waals surface area contributed by atoms with Gasteiger partial charge in [-0.05, 0) is 31.0 Å². The van der Waals surface area contributed by atoms with Crippen LogP contribution < -0.4 is 11.1 Å². The van der Waals surface area contributed by atoms with Gasteiger partial charge in [-0.15, -0.1) is 0 Å². The largest absolute Gasteiger partial charge is 0.397 e. The second-order valence-corrected chi connectivity index (χ2v) is 4.61. The molecule has 0 saturated carbocycles. The van der Waals surface area contributed by atoms with Crippen LogP contribution in [0.15, 0.2) is 18.2 Å². The number of nitrogens with two attached hydrogens (primary N) is 1. The van der Waals surface area contributed by atoms with Crippen LogP contribution in [0.25, 0.3) is 0 Å². The minimum absolute atomic E-state index is 0.167. The van der Waals surface area contributed by atoms with Gasteiger partial charge in [0, 0.05) is 19.6 Å². The Balaban J connectivity index is 2.11. The zero-order chi connectivity index (χ0) is 15.5. The Morgan fingerprint density at radius 3 is 2.62 bits per heavy atom. The van der Waals surface area contributed by atoms with E-state index in [1.54, 1.807) is 0 Å². The number of anilines is 2. The molecule has 1 rings (SSSR count). The molecule has 0 saturated heterocycles. The molecule has 21 heavy (non-hydrogen) atoms. The number of amides is 1. The summed E-state index contributed by atoms with van der Waals surface area (Å²) < 4.78 is 23.5. The summed E-state index contributed by atoms with van der Waals surface area (Å²) in [7, 11) is 0. The second-order valence-electron chi connectivity index (χ2n) is 4.61. The predicted octanol–water partition coefficient (Wildman–Crippen LogP) is 2.57. The molecule has 5 nitrogen and oxygen atoms in total. The highest BCUT2D eigenvalue weighted by atomic mass is 19.1. The summed E-state index contributed by atoms with van der Waals surface area (Å²) in [6.45, 7) is 4.40. The van der Waals surface area contributed by atoms with Crippen molar-refractivity contribution in [1.82, 2.24) is 0 Å². The first-order valence-corrected chi connectivity index (χ1v) is 7.14. The molecule has 1 aromatic rings. The van der Waals surface area contributed by atoms with Gasteiger partial charge in [-0.1, -0.05) is 6.92 Å². The van der Waals surface area contributed by atoms with Crippen LogP contribution in [-0.2, 0) is 14.3 Å². The van der Waals surface area contributed by atoms with E-state index in [2.05, 4.69) is 5.32 Å². The van der Waals surface area contributed by atoms with Gasteiger partial charge < -0.3 is 20.5 Å². The third kappa shape index (κ3) is 7.63. The van der Waals surface area contributed by atoms with Gasteiger partial charge in [0.1, 0.15) is 5.82 Å². The van der Waals surface area contributed by atoms with Crippen LogP contribution >= 0.6 is 0 Å². The number of carbonyl (C=O) groups excluding carboxylic acids is 1. The number of rotatable bonds is 10. The van der Waals surface area contributed by atoms with Crippen molar-refractivity contribution in [2.24, 2.45) is 0 Å². The standard InChI is InChI=1S/C15H23FN2O3/c1-2-7-20-9-10-21-8-3-4-15(19)18-14-6-5-12(16)11-13(14)17/h5-6,11H,2-4,7-10,17H2,1H3,(H,18,19). The highest BCUT2D eigenvalue weighted by molar-refractivity contribution is 5.93. The lowest BCUT2D eigenvalue weighted by Crippen LogP contribution is -2.14. The first-order valence-electron chi connectivity index (χ1n) is 7.14. The van der Waals surface area contributed by atoms with Gasteiger partial charge in [-0.25, -0.2) is 4.39 Å². The molecule has 1 aromatic carbocycles. The first-order chi connectivity index (χ1) is 10.1. The van der Waals surface area contributed by atoms with Crippen molar-refractivity contribution >= 4 is 17.3 Å². The zero-order valence-electron chi connectivity index (χ0n) is 12.4. The average molecular weight is 298 g/mol. The Bertz CT molecular complexity index is 441. The number of nitrogen functional groups attached to an aromatic ring is 1. The summed E-state index contributed by atoms with van der Waals surface area (Å²) in [5.74, 6) is -0.594. The molecule has 1 amide bonds. The van der Waals surface area contributed by atoms with Gasteiger partial charge in [0.05, 0.1) is 24.6 Å². The molecule has 6 heteroatoms. The molecule has 0 fully saturated rings. The summed E-state index contributed by atoms with van der Waals surface area (Å²) in [6.07, 6.45) is 1.93. The number of hydrogen-bond acceptors (Lipinski definition) is 4. The third-order valence-electron chi connectivity index (χ3n) is 2.70. The van der Waals surface area contributed by atoms with E-state index in [1.807, 2.05) is 6.92 Å². The summed E-state index contributed by atoms with van der Waals surface area (Å²) in [6, 6.07) is 3.88. The molecular formula is C15H23FN2O3. The molecule has 0 aliphatic carbocycles. The monoisotopic (exact) mass is 298 g/mol. The summed E-state index contributed by atoms with van der Waals surface area (Å²) in [5.41, 5.74) is 6.25. The highest BCUT2D eigenvalue weighted by Crippen LogP contribution is 2.19. The SMILES string of the molecule is CCCOCCOCCCC(=O)Nc1ccc(F)cc1N. The summed E-state index contributed by atoms with van der Waals surface area (Å²) >= 11 is 0. The fourth-order valence-electron chi connectivity index (χ4n) is 1.66. The lowest BCUT2D eigenvalue weighted by molar-refractivity contribution is -0.116. The van der Waals surface area contributed by atoms with Gasteiger partial charge in [0.2, 0.25) is 5.91 Å². The molecule has 118 valence electrons. The summed E-state index contributed by atoms with van der Waals surface area (Å²) in [4.78, 5) is 11.7. The summed E-state index contributed by atoms with van der Waals surface area (Å²) in [5, 5.41) is 2.65. The number of ether oxygens (including phenoxy) is 2. The van der Waals surface area contributed by atoms with Crippen LogP contribution in [0.5, 0.6) is 0 Å². The van der Waals surface area contributed by atoms with Crippen molar-refractivity contribution in [2.45, 2.75) is 26.2 Å². The Morgan fingerprint density at radius 1 is 1.24 bits per heavy atom. The molecule has 3 N–H and O–H groups in total. The number of hydrogen-bond donors (Lipinski definition) is 2. The molecule has 0 heterocycles. The number of carbonyl (C=O) groups is 1. The smallest absolute Gasteiger partial charge is 0.224 e. The van der Waals surface area contributed by atoms with Crippen molar-refractivity contribution in [3.8, 4) is 0 Å². The first kappa shape index (κ1) is 17.4. The maximum absolute atomic E-state index is 12.9. The Hall–Kier alpha value is -1.66. The van der Waals surface area contributed by atoms with Gasteiger partial charge in [-0.2, -0.15) is 0 Å². The maximum Gasteiger partial charge on any atom is 0.224 e. The zero-order valence-corrected chi connectivity index (χ0v) is 12.4. The minimum atomic E-state index is -0.427. The van der Waals surface area contributed by atoms with Crippen molar-refractivity contribution in [2.75, 3.05) is 37.5 Å². The number of nitrogens with one attached hydrogen (secondary N) is 1. The predicted molar refractivity (Wildman–Crippen MR) is 80.6 cm³/mol. The lowest BCUT2D eigenvalue weighted by atomic mass is 10.2. The Kier molecular flexibility index (Phi) is 8.38. The molecule has 0 aromatic heterocycles. The fourth-order valence-corrected chi connectivity index (χ4v) is 1.66. The van der Waals surface area contributed by atoms with E-state index < -0.39 is 5.82 Å². The van der Waals surface area contributed by atoms with Gasteiger partial charge in [0.15, 0.2) is 0 Å².